The zero-order valence-electron chi connectivity index (χ0n) is 22.3. The zero-order chi connectivity index (χ0) is 27.4. The lowest BCUT2D eigenvalue weighted by Gasteiger charge is -2.11. The molecule has 0 aliphatic rings. The molecular weight excluding hydrogens is 506 g/mol. The third kappa shape index (κ3) is 5.83. The summed E-state index contributed by atoms with van der Waals surface area (Å²) < 4.78 is 3.86. The van der Waals surface area contributed by atoms with Gasteiger partial charge in [0.25, 0.3) is 5.91 Å². The maximum Gasteiger partial charge on any atom is 0.250 e. The number of hydrogen-bond acceptors (Lipinski definition) is 6. The first-order valence-corrected chi connectivity index (χ1v) is 13.5. The Balaban J connectivity index is 1.30. The smallest absolute Gasteiger partial charge is 0.250 e. The van der Waals surface area contributed by atoms with E-state index in [9.17, 15) is 4.79 Å². The average molecular weight is 536 g/mol. The minimum Gasteiger partial charge on any atom is -0.272 e. The summed E-state index contributed by atoms with van der Waals surface area (Å²) >= 11 is 1.31. The van der Waals surface area contributed by atoms with Gasteiger partial charge in [0.05, 0.1) is 29.0 Å². The van der Waals surface area contributed by atoms with Gasteiger partial charge in [-0.05, 0) is 52.0 Å². The van der Waals surface area contributed by atoms with Crippen LogP contribution in [0.5, 0.6) is 0 Å². The van der Waals surface area contributed by atoms with Crippen molar-refractivity contribution in [2.75, 3.05) is 5.75 Å². The largest absolute Gasteiger partial charge is 0.272 e. The molecular formula is C30H29N7OS. The molecule has 5 aromatic rings. The van der Waals surface area contributed by atoms with Crippen LogP contribution < -0.4 is 5.43 Å². The Labute approximate surface area is 231 Å². The standard InChI is InChI=1S/C30H29N7OS/c1-20-10-14-24(15-11-20)29-33-34-30(36(29)25-16-12-21(2)13-17-25)39-19-28(38)32-31-18-27-22(3)35-37(23(27)4)26-8-6-5-7-9-26/h5-18H,19H2,1-4H3,(H,32,38)/b31-18-. The summed E-state index contributed by atoms with van der Waals surface area (Å²) in [6.45, 7) is 8.01. The van der Waals surface area contributed by atoms with Gasteiger partial charge in [0, 0.05) is 16.8 Å². The molecule has 3 aromatic carbocycles. The second-order valence-corrected chi connectivity index (χ2v) is 10.2. The van der Waals surface area contributed by atoms with Crippen molar-refractivity contribution < 1.29 is 4.79 Å². The lowest BCUT2D eigenvalue weighted by atomic mass is 10.1. The van der Waals surface area contributed by atoms with Gasteiger partial charge in [-0.1, -0.05) is 77.5 Å². The number of para-hydroxylation sites is 1. The predicted octanol–water partition coefficient (Wildman–Crippen LogP) is 5.60. The van der Waals surface area contributed by atoms with E-state index < -0.39 is 0 Å². The van der Waals surface area contributed by atoms with Crippen LogP contribution >= 0.6 is 11.8 Å². The number of aromatic nitrogens is 5. The van der Waals surface area contributed by atoms with E-state index in [2.05, 4.69) is 44.9 Å². The number of rotatable bonds is 8. The van der Waals surface area contributed by atoms with Crippen LogP contribution in [0.15, 0.2) is 89.1 Å². The maximum absolute atomic E-state index is 12.7. The number of nitrogens with zero attached hydrogens (tertiary/aromatic N) is 6. The molecule has 0 unspecified atom stereocenters. The molecule has 2 heterocycles. The molecule has 8 nitrogen and oxygen atoms in total. The highest BCUT2D eigenvalue weighted by Crippen LogP contribution is 2.28. The molecule has 0 aliphatic carbocycles. The molecule has 0 atom stereocenters. The Bertz CT molecular complexity index is 1620. The topological polar surface area (TPSA) is 90.0 Å². The van der Waals surface area contributed by atoms with E-state index in [4.69, 9.17) is 0 Å². The fourth-order valence-corrected chi connectivity index (χ4v) is 4.92. The third-order valence-electron chi connectivity index (χ3n) is 6.30. The van der Waals surface area contributed by atoms with Crippen molar-refractivity contribution in [1.82, 2.24) is 30.0 Å². The summed E-state index contributed by atoms with van der Waals surface area (Å²) in [4.78, 5) is 12.7. The normalized spacial score (nSPS) is 11.3. The summed E-state index contributed by atoms with van der Waals surface area (Å²) in [5.74, 6) is 0.620. The second kappa shape index (κ2) is 11.5. The van der Waals surface area contributed by atoms with Crippen LogP contribution in [0.4, 0.5) is 0 Å². The molecule has 0 radical (unpaired) electrons. The van der Waals surface area contributed by atoms with Crippen molar-refractivity contribution in [3.63, 3.8) is 0 Å². The summed E-state index contributed by atoms with van der Waals surface area (Å²) in [6, 6.07) is 26.2. The Kier molecular flexibility index (Phi) is 7.69. The van der Waals surface area contributed by atoms with Crippen LogP contribution in [0, 0.1) is 27.7 Å². The SMILES string of the molecule is Cc1ccc(-c2nnc(SCC(=O)N/N=C\c3c(C)nn(-c4ccccc4)c3C)n2-c2ccc(C)cc2)cc1. The number of aryl methyl sites for hydroxylation is 3. The van der Waals surface area contributed by atoms with Gasteiger partial charge >= 0.3 is 0 Å². The number of hydrogen-bond donors (Lipinski definition) is 1. The van der Waals surface area contributed by atoms with Crippen molar-refractivity contribution >= 4 is 23.9 Å². The maximum atomic E-state index is 12.7. The first-order chi connectivity index (χ1) is 18.9. The average Bonchev–Trinajstić information content (AvgIpc) is 3.49. The van der Waals surface area contributed by atoms with E-state index >= 15 is 0 Å². The Morgan fingerprint density at radius 3 is 2.23 bits per heavy atom. The van der Waals surface area contributed by atoms with E-state index in [1.807, 2.05) is 96.8 Å². The van der Waals surface area contributed by atoms with Crippen molar-refractivity contribution in [3.8, 4) is 22.8 Å². The summed E-state index contributed by atoms with van der Waals surface area (Å²) in [7, 11) is 0. The zero-order valence-corrected chi connectivity index (χ0v) is 23.1. The molecule has 0 saturated heterocycles. The van der Waals surface area contributed by atoms with Gasteiger partial charge in [-0.2, -0.15) is 10.2 Å². The van der Waals surface area contributed by atoms with E-state index in [1.54, 1.807) is 6.21 Å². The van der Waals surface area contributed by atoms with Crippen LogP contribution in [-0.4, -0.2) is 42.4 Å². The van der Waals surface area contributed by atoms with Gasteiger partial charge in [0.15, 0.2) is 11.0 Å². The molecule has 1 N–H and O–H groups in total. The molecule has 0 saturated carbocycles. The van der Waals surface area contributed by atoms with Crippen LogP contribution in [0.1, 0.15) is 28.1 Å². The van der Waals surface area contributed by atoms with Crippen LogP contribution in [0.25, 0.3) is 22.8 Å². The van der Waals surface area contributed by atoms with Gasteiger partial charge in [-0.15, -0.1) is 10.2 Å². The first kappa shape index (κ1) is 26.1. The fraction of sp³-hybridized carbons (Fsp3) is 0.167. The lowest BCUT2D eigenvalue weighted by molar-refractivity contribution is -0.118. The van der Waals surface area contributed by atoms with E-state index in [1.165, 1.54) is 17.3 Å². The minimum atomic E-state index is -0.239. The molecule has 196 valence electrons. The quantitative estimate of drug-likeness (QED) is 0.159. The summed E-state index contributed by atoms with van der Waals surface area (Å²) in [5, 5.41) is 18.3. The highest BCUT2D eigenvalue weighted by molar-refractivity contribution is 7.99. The molecule has 39 heavy (non-hydrogen) atoms. The van der Waals surface area contributed by atoms with Crippen LogP contribution in [-0.2, 0) is 4.79 Å². The van der Waals surface area contributed by atoms with Crippen molar-refractivity contribution in [2.24, 2.45) is 5.10 Å². The molecule has 0 aliphatic heterocycles. The molecule has 0 fully saturated rings. The minimum absolute atomic E-state index is 0.135. The fourth-order valence-electron chi connectivity index (χ4n) is 4.17. The van der Waals surface area contributed by atoms with Gasteiger partial charge in [-0.25, -0.2) is 10.1 Å². The third-order valence-corrected chi connectivity index (χ3v) is 7.23. The van der Waals surface area contributed by atoms with Gasteiger partial charge in [0.2, 0.25) is 0 Å². The van der Waals surface area contributed by atoms with E-state index in [0.29, 0.717) is 5.16 Å². The number of carbonyl (C=O) groups is 1. The Morgan fingerprint density at radius 1 is 0.872 bits per heavy atom. The first-order valence-electron chi connectivity index (χ1n) is 12.6. The van der Waals surface area contributed by atoms with Crippen LogP contribution in [0.3, 0.4) is 0 Å². The van der Waals surface area contributed by atoms with Crippen molar-refractivity contribution in [1.29, 1.82) is 0 Å². The van der Waals surface area contributed by atoms with Gasteiger partial charge < -0.3 is 0 Å². The van der Waals surface area contributed by atoms with Crippen molar-refractivity contribution in [3.05, 3.63) is 107 Å². The second-order valence-electron chi connectivity index (χ2n) is 9.26. The van der Waals surface area contributed by atoms with E-state index in [-0.39, 0.29) is 11.7 Å². The van der Waals surface area contributed by atoms with Crippen LogP contribution in [0.2, 0.25) is 0 Å². The number of carbonyl (C=O) groups excluding carboxylic acids is 1. The highest BCUT2D eigenvalue weighted by atomic mass is 32.2. The van der Waals surface area contributed by atoms with E-state index in [0.717, 1.165) is 45.3 Å². The summed E-state index contributed by atoms with van der Waals surface area (Å²) in [5.41, 5.74) is 10.5. The molecule has 1 amide bonds. The molecule has 2 aromatic heterocycles. The molecule has 0 spiro atoms. The molecule has 9 heteroatoms. The Morgan fingerprint density at radius 2 is 1.54 bits per heavy atom. The van der Waals surface area contributed by atoms with Crippen molar-refractivity contribution in [2.45, 2.75) is 32.9 Å². The number of nitrogens with one attached hydrogen (secondary N) is 1. The monoisotopic (exact) mass is 535 g/mol. The number of hydrazone groups is 1. The number of amides is 1. The Hall–Kier alpha value is -4.50. The molecule has 0 bridgehead atoms. The molecule has 5 rings (SSSR count). The highest BCUT2D eigenvalue weighted by Gasteiger charge is 2.17. The predicted molar refractivity (Wildman–Crippen MR) is 156 cm³/mol. The summed E-state index contributed by atoms with van der Waals surface area (Å²) in [6.07, 6.45) is 1.64. The van der Waals surface area contributed by atoms with Gasteiger partial charge in [-0.3, -0.25) is 9.36 Å². The lowest BCUT2D eigenvalue weighted by Crippen LogP contribution is -2.20. The number of benzene rings is 3. The van der Waals surface area contributed by atoms with Gasteiger partial charge in [0.1, 0.15) is 0 Å². The number of thioether (sulfide) groups is 1.